The monoisotopic (exact) mass is 477 g/mol. The summed E-state index contributed by atoms with van der Waals surface area (Å²) in [5.74, 6) is -0.446. The zero-order chi connectivity index (χ0) is 22.9. The predicted molar refractivity (Wildman–Crippen MR) is 125 cm³/mol. The van der Waals surface area contributed by atoms with Gasteiger partial charge in [0, 0.05) is 19.7 Å². The van der Waals surface area contributed by atoms with Crippen molar-refractivity contribution in [3.05, 3.63) is 69.2 Å². The third-order valence-corrected chi connectivity index (χ3v) is 8.36. The highest BCUT2D eigenvalue weighted by Crippen LogP contribution is 2.32. The van der Waals surface area contributed by atoms with Crippen LogP contribution in [0.3, 0.4) is 0 Å². The zero-order valence-electron chi connectivity index (χ0n) is 17.9. The lowest BCUT2D eigenvalue weighted by Crippen LogP contribution is -2.27. The van der Waals surface area contributed by atoms with Crippen LogP contribution in [0.4, 0.5) is 0 Å². The lowest BCUT2D eigenvalue weighted by molar-refractivity contribution is 0.0940. The second kappa shape index (κ2) is 9.08. The fourth-order valence-corrected chi connectivity index (χ4v) is 5.22. The van der Waals surface area contributed by atoms with Gasteiger partial charge >= 0.3 is 0 Å². The van der Waals surface area contributed by atoms with Crippen LogP contribution >= 0.6 is 22.9 Å². The number of thiazole rings is 1. The number of rotatable bonds is 6. The van der Waals surface area contributed by atoms with Crippen molar-refractivity contribution in [1.29, 1.82) is 0 Å². The Kier molecular flexibility index (Phi) is 6.85. The number of halogens is 1. The molecule has 1 aromatic heterocycles. The van der Waals surface area contributed by atoms with Crippen LogP contribution in [0.25, 0.3) is 10.6 Å². The number of hydrogen-bond acceptors (Lipinski definition) is 5. The number of hydrogen-bond donors (Lipinski definition) is 1. The molecule has 3 rings (SSSR count). The molecule has 31 heavy (non-hydrogen) atoms. The van der Waals surface area contributed by atoms with Crippen molar-refractivity contribution in [2.24, 2.45) is 0 Å². The summed E-state index contributed by atoms with van der Waals surface area (Å²) in [6.07, 6.45) is 0. The van der Waals surface area contributed by atoms with Gasteiger partial charge in [-0.25, -0.2) is 17.7 Å². The first-order chi connectivity index (χ1) is 14.5. The van der Waals surface area contributed by atoms with Crippen LogP contribution in [0.5, 0.6) is 0 Å². The van der Waals surface area contributed by atoms with Gasteiger partial charge in [-0.05, 0) is 39.0 Å². The first-order valence-corrected chi connectivity index (χ1v) is 12.2. The van der Waals surface area contributed by atoms with E-state index in [4.69, 9.17) is 11.6 Å². The van der Waals surface area contributed by atoms with E-state index in [1.165, 1.54) is 49.2 Å². The number of benzene rings is 2. The van der Waals surface area contributed by atoms with Crippen LogP contribution < -0.4 is 5.32 Å². The minimum atomic E-state index is -3.68. The lowest BCUT2D eigenvalue weighted by atomic mass is 10.1. The number of amides is 1. The van der Waals surface area contributed by atoms with Crippen molar-refractivity contribution in [3.8, 4) is 10.6 Å². The van der Waals surface area contributed by atoms with Crippen molar-refractivity contribution in [2.75, 3.05) is 14.1 Å². The minimum absolute atomic E-state index is 0.00957. The Morgan fingerprint density at radius 2 is 1.77 bits per heavy atom. The maximum atomic E-state index is 12.9. The molecule has 1 N–H and O–H groups in total. The van der Waals surface area contributed by atoms with E-state index in [-0.39, 0.29) is 21.5 Å². The van der Waals surface area contributed by atoms with E-state index < -0.39 is 15.9 Å². The van der Waals surface area contributed by atoms with Crippen molar-refractivity contribution in [1.82, 2.24) is 14.6 Å². The highest BCUT2D eigenvalue weighted by atomic mass is 35.5. The van der Waals surface area contributed by atoms with Gasteiger partial charge in [-0.3, -0.25) is 4.79 Å². The third-order valence-electron chi connectivity index (χ3n) is 4.83. The molecule has 0 spiro atoms. The summed E-state index contributed by atoms with van der Waals surface area (Å²) < 4.78 is 25.9. The second-order valence-electron chi connectivity index (χ2n) is 7.46. The maximum Gasteiger partial charge on any atom is 0.253 e. The highest BCUT2D eigenvalue weighted by molar-refractivity contribution is 7.89. The molecule has 9 heteroatoms. The summed E-state index contributed by atoms with van der Waals surface area (Å²) in [7, 11) is -0.812. The van der Waals surface area contributed by atoms with Gasteiger partial charge in [0.1, 0.15) is 5.01 Å². The van der Waals surface area contributed by atoms with Crippen molar-refractivity contribution in [3.63, 3.8) is 0 Å². The summed E-state index contributed by atoms with van der Waals surface area (Å²) in [5, 5.41) is 3.98. The fourth-order valence-electron chi connectivity index (χ4n) is 3.02. The summed E-state index contributed by atoms with van der Waals surface area (Å²) >= 11 is 7.72. The van der Waals surface area contributed by atoms with E-state index in [2.05, 4.69) is 10.3 Å². The van der Waals surface area contributed by atoms with Crippen molar-refractivity contribution >= 4 is 38.9 Å². The summed E-state index contributed by atoms with van der Waals surface area (Å²) in [6.45, 7) is 5.80. The third kappa shape index (κ3) is 4.98. The quantitative estimate of drug-likeness (QED) is 0.551. The molecular formula is C22H24ClN3O3S2. The molecule has 0 aliphatic heterocycles. The maximum absolute atomic E-state index is 12.9. The van der Waals surface area contributed by atoms with Crippen LogP contribution in [-0.4, -0.2) is 37.7 Å². The van der Waals surface area contributed by atoms with Gasteiger partial charge in [-0.2, -0.15) is 0 Å². The highest BCUT2D eigenvalue weighted by Gasteiger charge is 2.23. The topological polar surface area (TPSA) is 79.4 Å². The van der Waals surface area contributed by atoms with E-state index in [9.17, 15) is 13.2 Å². The average Bonchev–Trinajstić information content (AvgIpc) is 3.10. The number of sulfonamides is 1. The molecular weight excluding hydrogens is 454 g/mol. The fraction of sp³-hybridized carbons (Fsp3) is 0.273. The molecule has 0 radical (unpaired) electrons. The smallest absolute Gasteiger partial charge is 0.253 e. The molecule has 1 heterocycles. The first-order valence-electron chi connectivity index (χ1n) is 9.58. The Morgan fingerprint density at radius 3 is 2.39 bits per heavy atom. The van der Waals surface area contributed by atoms with E-state index in [1.54, 1.807) is 0 Å². The van der Waals surface area contributed by atoms with Crippen molar-refractivity contribution in [2.45, 2.75) is 31.7 Å². The second-order valence-corrected chi connectivity index (χ2v) is 11.0. The minimum Gasteiger partial charge on any atom is -0.345 e. The molecule has 2 aromatic carbocycles. The van der Waals surface area contributed by atoms with Crippen LogP contribution in [0.1, 0.15) is 39.5 Å². The van der Waals surface area contributed by atoms with Crippen LogP contribution in [0.15, 0.2) is 47.4 Å². The molecule has 6 nitrogen and oxygen atoms in total. The molecule has 0 fully saturated rings. The number of aromatic nitrogens is 1. The Balaban J connectivity index is 1.85. The standard InChI is InChI=1S/C22H24ClN3O3S2/c1-13-6-8-16(9-7-13)22-25-15(3)20(30-22)14(2)24-21(27)18-12-17(10-11-19(18)23)31(28,29)26(4)5/h6-12,14H,1-5H3,(H,24,27). The molecule has 164 valence electrons. The predicted octanol–water partition coefficient (Wildman–Crippen LogP) is 4.82. The molecule has 0 saturated heterocycles. The number of carbonyl (C=O) groups excluding carboxylic acids is 1. The molecule has 0 aliphatic rings. The Bertz CT molecular complexity index is 1220. The lowest BCUT2D eigenvalue weighted by Gasteiger charge is -2.16. The summed E-state index contributed by atoms with van der Waals surface area (Å²) in [6, 6.07) is 11.9. The normalized spacial score (nSPS) is 12.7. The number of nitrogens with one attached hydrogen (secondary N) is 1. The molecule has 1 amide bonds. The molecule has 0 saturated carbocycles. The summed E-state index contributed by atoms with van der Waals surface area (Å²) in [5.41, 5.74) is 3.14. The first kappa shape index (κ1) is 23.4. The molecule has 1 atom stereocenters. The van der Waals surface area contributed by atoms with Crippen LogP contribution in [0, 0.1) is 13.8 Å². The largest absolute Gasteiger partial charge is 0.345 e. The molecule has 0 aliphatic carbocycles. The van der Waals surface area contributed by atoms with Crippen LogP contribution in [0.2, 0.25) is 5.02 Å². The van der Waals surface area contributed by atoms with Gasteiger partial charge in [0.15, 0.2) is 0 Å². The summed E-state index contributed by atoms with van der Waals surface area (Å²) in [4.78, 5) is 18.5. The van der Waals surface area contributed by atoms with E-state index in [0.29, 0.717) is 0 Å². The zero-order valence-corrected chi connectivity index (χ0v) is 20.3. The van der Waals surface area contributed by atoms with E-state index >= 15 is 0 Å². The average molecular weight is 478 g/mol. The van der Waals surface area contributed by atoms with Gasteiger partial charge in [0.05, 0.1) is 32.1 Å². The number of carbonyl (C=O) groups is 1. The van der Waals surface area contributed by atoms with Gasteiger partial charge < -0.3 is 5.32 Å². The number of aryl methyl sites for hydroxylation is 2. The van der Waals surface area contributed by atoms with Gasteiger partial charge in [-0.1, -0.05) is 41.4 Å². The molecule has 1 unspecified atom stereocenters. The Labute approximate surface area is 191 Å². The Hall–Kier alpha value is -2.26. The van der Waals surface area contributed by atoms with Gasteiger partial charge in [0.2, 0.25) is 10.0 Å². The van der Waals surface area contributed by atoms with Gasteiger partial charge in [0.25, 0.3) is 5.91 Å². The SMILES string of the molecule is Cc1ccc(-c2nc(C)c(C(C)NC(=O)c3cc(S(=O)(=O)N(C)C)ccc3Cl)s2)cc1. The molecule has 0 bridgehead atoms. The number of nitrogens with zero attached hydrogens (tertiary/aromatic N) is 2. The van der Waals surface area contributed by atoms with Gasteiger partial charge in [-0.15, -0.1) is 11.3 Å². The van der Waals surface area contributed by atoms with E-state index in [1.807, 2.05) is 45.0 Å². The molecule has 3 aromatic rings. The van der Waals surface area contributed by atoms with Crippen molar-refractivity contribution < 1.29 is 13.2 Å². The Morgan fingerprint density at radius 1 is 1.13 bits per heavy atom. The van der Waals surface area contributed by atoms with E-state index in [0.717, 1.165) is 25.4 Å². The van der Waals surface area contributed by atoms with Crippen LogP contribution in [-0.2, 0) is 10.0 Å².